The lowest BCUT2D eigenvalue weighted by Crippen LogP contribution is -2.11. The summed E-state index contributed by atoms with van der Waals surface area (Å²) in [5.74, 6) is 0.708. The van der Waals surface area contributed by atoms with Crippen molar-refractivity contribution < 1.29 is 4.42 Å². The monoisotopic (exact) mass is 299 g/mol. The minimum atomic E-state index is -0.303. The maximum absolute atomic E-state index is 6.10. The third-order valence-corrected chi connectivity index (χ3v) is 3.54. The second-order valence-corrected chi connectivity index (χ2v) is 4.88. The summed E-state index contributed by atoms with van der Waals surface area (Å²) >= 11 is 9.45. The third-order valence-electron chi connectivity index (χ3n) is 2.48. The van der Waals surface area contributed by atoms with Crippen LogP contribution in [0.4, 0.5) is 0 Å². The molecule has 0 aliphatic rings. The van der Waals surface area contributed by atoms with Crippen LogP contribution in [0.25, 0.3) is 0 Å². The summed E-state index contributed by atoms with van der Waals surface area (Å²) in [4.78, 5) is 0. The topological polar surface area (TPSA) is 39.2 Å². The molecule has 4 heteroatoms. The molecule has 1 heterocycles. The maximum Gasteiger partial charge on any atom is 0.139 e. The first-order valence-corrected chi connectivity index (χ1v) is 6.01. The summed E-state index contributed by atoms with van der Waals surface area (Å²) in [6.45, 7) is 1.96. The average molecular weight is 301 g/mol. The maximum atomic E-state index is 6.10. The smallest absolute Gasteiger partial charge is 0.139 e. The fraction of sp³-hybridized carbons (Fsp3) is 0.167. The summed E-state index contributed by atoms with van der Waals surface area (Å²) in [5.41, 5.74) is 8.07. The normalized spacial score (nSPS) is 12.8. The Bertz CT molecular complexity index is 509. The van der Waals surface area contributed by atoms with Gasteiger partial charge in [0.2, 0.25) is 0 Å². The molecule has 2 rings (SSSR count). The molecule has 0 bridgehead atoms. The summed E-state index contributed by atoms with van der Waals surface area (Å²) in [5, 5.41) is 0.718. The number of rotatable bonds is 2. The van der Waals surface area contributed by atoms with Crippen LogP contribution in [0, 0.1) is 6.92 Å². The third kappa shape index (κ3) is 2.17. The summed E-state index contributed by atoms with van der Waals surface area (Å²) in [7, 11) is 0. The molecule has 0 spiro atoms. The first-order chi connectivity index (χ1) is 7.59. The number of benzene rings is 1. The van der Waals surface area contributed by atoms with Gasteiger partial charge in [-0.3, -0.25) is 0 Å². The van der Waals surface area contributed by atoms with Crippen molar-refractivity contribution in [1.29, 1.82) is 0 Å². The van der Waals surface area contributed by atoms with Gasteiger partial charge in [-0.1, -0.05) is 23.7 Å². The second-order valence-electron chi connectivity index (χ2n) is 3.62. The van der Waals surface area contributed by atoms with Crippen molar-refractivity contribution in [1.82, 2.24) is 0 Å². The van der Waals surface area contributed by atoms with Crippen molar-refractivity contribution in [3.63, 3.8) is 0 Å². The summed E-state index contributed by atoms with van der Waals surface area (Å²) in [6, 6.07) is 7.30. The van der Waals surface area contributed by atoms with Gasteiger partial charge in [-0.25, -0.2) is 0 Å². The lowest BCUT2D eigenvalue weighted by Gasteiger charge is -2.11. The van der Waals surface area contributed by atoms with Crippen LogP contribution in [0.2, 0.25) is 5.02 Å². The van der Waals surface area contributed by atoms with Gasteiger partial charge in [-0.15, -0.1) is 0 Å². The standard InChI is InChI=1S/C12H11BrClNO/c1-7-2-3-8(6-10(7)14)11(15)12-9(13)4-5-16-12/h2-6,11H,15H2,1H3. The lowest BCUT2D eigenvalue weighted by molar-refractivity contribution is 0.487. The van der Waals surface area contributed by atoms with E-state index in [0.29, 0.717) is 5.76 Å². The molecule has 0 amide bonds. The van der Waals surface area contributed by atoms with Crippen molar-refractivity contribution in [2.24, 2.45) is 5.73 Å². The van der Waals surface area contributed by atoms with Crippen molar-refractivity contribution in [2.45, 2.75) is 13.0 Å². The van der Waals surface area contributed by atoms with Gasteiger partial charge in [0.1, 0.15) is 5.76 Å². The number of hydrogen-bond donors (Lipinski definition) is 1. The Morgan fingerprint density at radius 2 is 2.12 bits per heavy atom. The van der Waals surface area contributed by atoms with E-state index >= 15 is 0 Å². The van der Waals surface area contributed by atoms with E-state index in [1.165, 1.54) is 0 Å². The SMILES string of the molecule is Cc1ccc(C(N)c2occc2Br)cc1Cl. The summed E-state index contributed by atoms with van der Waals surface area (Å²) in [6.07, 6.45) is 1.61. The highest BCUT2D eigenvalue weighted by Gasteiger charge is 2.16. The van der Waals surface area contributed by atoms with Gasteiger partial charge in [0.05, 0.1) is 16.8 Å². The molecule has 0 saturated carbocycles. The van der Waals surface area contributed by atoms with E-state index < -0.39 is 0 Å². The Morgan fingerprint density at radius 3 is 2.69 bits per heavy atom. The van der Waals surface area contributed by atoms with E-state index in [1.54, 1.807) is 6.26 Å². The zero-order valence-corrected chi connectivity index (χ0v) is 11.0. The zero-order chi connectivity index (χ0) is 11.7. The number of furan rings is 1. The zero-order valence-electron chi connectivity index (χ0n) is 8.71. The number of nitrogens with two attached hydrogens (primary N) is 1. The first-order valence-electron chi connectivity index (χ1n) is 4.84. The molecule has 0 saturated heterocycles. The minimum absolute atomic E-state index is 0.303. The molecule has 2 N–H and O–H groups in total. The van der Waals surface area contributed by atoms with Crippen LogP contribution in [0.15, 0.2) is 39.4 Å². The quantitative estimate of drug-likeness (QED) is 0.908. The van der Waals surface area contributed by atoms with E-state index in [9.17, 15) is 0 Å². The van der Waals surface area contributed by atoms with Gasteiger partial charge in [0.25, 0.3) is 0 Å². The largest absolute Gasteiger partial charge is 0.466 e. The number of halogens is 2. The van der Waals surface area contributed by atoms with E-state index in [-0.39, 0.29) is 6.04 Å². The van der Waals surface area contributed by atoms with Crippen LogP contribution in [0.1, 0.15) is 22.9 Å². The minimum Gasteiger partial charge on any atom is -0.466 e. The molecule has 2 aromatic rings. The second kappa shape index (κ2) is 4.62. The van der Waals surface area contributed by atoms with Crippen LogP contribution in [0.3, 0.4) is 0 Å². The predicted octanol–water partition coefficient (Wildman–Crippen LogP) is 4.05. The van der Waals surface area contributed by atoms with E-state index in [0.717, 1.165) is 20.6 Å². The molecular weight excluding hydrogens is 289 g/mol. The first kappa shape index (κ1) is 11.7. The molecule has 84 valence electrons. The Hall–Kier alpha value is -0.770. The van der Waals surface area contributed by atoms with Crippen LogP contribution in [0.5, 0.6) is 0 Å². The molecule has 1 aromatic carbocycles. The summed E-state index contributed by atoms with van der Waals surface area (Å²) < 4.78 is 6.21. The highest BCUT2D eigenvalue weighted by atomic mass is 79.9. The Labute approximate surface area is 108 Å². The van der Waals surface area contributed by atoms with Gasteiger partial charge >= 0.3 is 0 Å². The molecule has 0 aliphatic carbocycles. The molecule has 1 unspecified atom stereocenters. The molecular formula is C12H11BrClNO. The van der Waals surface area contributed by atoms with Crippen LogP contribution in [-0.4, -0.2) is 0 Å². The Balaban J connectivity index is 2.38. The van der Waals surface area contributed by atoms with E-state index in [4.69, 9.17) is 21.8 Å². The molecule has 1 aromatic heterocycles. The van der Waals surface area contributed by atoms with Gasteiger partial charge in [-0.2, -0.15) is 0 Å². The van der Waals surface area contributed by atoms with Gasteiger partial charge in [0, 0.05) is 5.02 Å². The fourth-order valence-corrected chi connectivity index (χ4v) is 2.12. The molecule has 0 aliphatic heterocycles. The Morgan fingerprint density at radius 1 is 1.38 bits per heavy atom. The molecule has 0 fully saturated rings. The fourth-order valence-electron chi connectivity index (χ4n) is 1.48. The number of hydrogen-bond acceptors (Lipinski definition) is 2. The molecule has 1 atom stereocenters. The van der Waals surface area contributed by atoms with Crippen molar-refractivity contribution in [2.75, 3.05) is 0 Å². The predicted molar refractivity (Wildman–Crippen MR) is 68.6 cm³/mol. The average Bonchev–Trinajstić information content (AvgIpc) is 2.67. The van der Waals surface area contributed by atoms with Crippen molar-refractivity contribution >= 4 is 27.5 Å². The van der Waals surface area contributed by atoms with Crippen molar-refractivity contribution in [3.05, 3.63) is 56.9 Å². The molecule has 16 heavy (non-hydrogen) atoms. The van der Waals surface area contributed by atoms with Gasteiger partial charge in [0.15, 0.2) is 0 Å². The number of aryl methyl sites for hydroxylation is 1. The van der Waals surface area contributed by atoms with E-state index in [1.807, 2.05) is 31.2 Å². The van der Waals surface area contributed by atoms with Crippen molar-refractivity contribution in [3.8, 4) is 0 Å². The van der Waals surface area contributed by atoms with Crippen LogP contribution in [-0.2, 0) is 0 Å². The van der Waals surface area contributed by atoms with Gasteiger partial charge < -0.3 is 10.2 Å². The molecule has 2 nitrogen and oxygen atoms in total. The lowest BCUT2D eigenvalue weighted by atomic mass is 10.0. The highest BCUT2D eigenvalue weighted by molar-refractivity contribution is 9.10. The van der Waals surface area contributed by atoms with Crippen LogP contribution < -0.4 is 5.73 Å². The highest BCUT2D eigenvalue weighted by Crippen LogP contribution is 2.29. The Kier molecular flexibility index (Phi) is 3.38. The van der Waals surface area contributed by atoms with E-state index in [2.05, 4.69) is 15.9 Å². The molecule has 0 radical (unpaired) electrons. The van der Waals surface area contributed by atoms with Crippen LogP contribution >= 0.6 is 27.5 Å². The van der Waals surface area contributed by atoms with Gasteiger partial charge in [-0.05, 0) is 46.1 Å².